The molecule has 6 rings (SSSR count). The van der Waals surface area contributed by atoms with Crippen molar-refractivity contribution in [1.82, 2.24) is 0 Å². The van der Waals surface area contributed by atoms with Crippen molar-refractivity contribution < 1.29 is 15.1 Å². The van der Waals surface area contributed by atoms with Crippen LogP contribution in [0.25, 0.3) is 34.4 Å². The van der Waals surface area contributed by atoms with Gasteiger partial charge in [-0.15, -0.1) is 0 Å². The van der Waals surface area contributed by atoms with Crippen molar-refractivity contribution in [3.8, 4) is 22.3 Å². The molecule has 0 bridgehead atoms. The average molecular weight is 747 g/mol. The van der Waals surface area contributed by atoms with Crippen LogP contribution in [-0.4, -0.2) is 4.26 Å². The number of rotatable bonds is 8. The summed E-state index contributed by atoms with van der Waals surface area (Å²) in [6.07, 6.45) is 10.0. The van der Waals surface area contributed by atoms with Crippen molar-refractivity contribution in [2.24, 2.45) is 0 Å². The molecule has 0 fully saturated rings. The van der Waals surface area contributed by atoms with E-state index in [1.165, 1.54) is 55.6 Å². The Morgan fingerprint density at radius 2 is 0.932 bits per heavy atom. The normalized spacial score (nSPS) is 19.8. The summed E-state index contributed by atoms with van der Waals surface area (Å²) in [6, 6.07) is 32.5. The molecular weight excluding hydrogens is 695 g/mol. The first-order valence-corrected chi connectivity index (χ1v) is 36.0. The van der Waals surface area contributed by atoms with E-state index in [0.29, 0.717) is 19.2 Å². The van der Waals surface area contributed by atoms with Crippen LogP contribution in [0.3, 0.4) is 0 Å². The quantitative estimate of drug-likeness (QED) is 0.158. The summed E-state index contributed by atoms with van der Waals surface area (Å²) in [7, 11) is 0. The predicted molar refractivity (Wildman–Crippen MR) is 195 cm³/mol. The van der Waals surface area contributed by atoms with Crippen LogP contribution in [0.2, 0.25) is 17.7 Å². The number of fused-ring (bicyclic) bond motifs is 2. The summed E-state index contributed by atoms with van der Waals surface area (Å²) in [5, 5.41) is 0. The van der Waals surface area contributed by atoms with Crippen LogP contribution >= 0.6 is 0 Å². The van der Waals surface area contributed by atoms with Gasteiger partial charge in [0.1, 0.15) is 0 Å². The Bertz CT molecular complexity index is 1810. The van der Waals surface area contributed by atoms with Crippen molar-refractivity contribution in [3.05, 3.63) is 130 Å². The molecule has 1 heteroatoms. The van der Waals surface area contributed by atoms with Gasteiger partial charge in [0.25, 0.3) is 0 Å². The summed E-state index contributed by atoms with van der Waals surface area (Å²) < 4.78 is 14.0. The molecule has 0 amide bonds. The number of hydrogen-bond donors (Lipinski definition) is 0. The summed E-state index contributed by atoms with van der Waals surface area (Å²) in [5.41, 5.74) is 13.8. The fourth-order valence-corrected chi connectivity index (χ4v) is 38.0. The van der Waals surface area contributed by atoms with E-state index in [0.717, 1.165) is 8.35 Å². The van der Waals surface area contributed by atoms with Gasteiger partial charge in [-0.05, 0) is 0 Å². The molecule has 2 atom stereocenters. The molecule has 0 aliphatic heterocycles. The van der Waals surface area contributed by atoms with Crippen molar-refractivity contribution >= 4 is 16.4 Å². The Balaban J connectivity index is 1.51. The zero-order valence-electron chi connectivity index (χ0n) is 28.3. The van der Waals surface area contributed by atoms with Crippen molar-refractivity contribution in [2.45, 2.75) is 78.4 Å². The monoisotopic (exact) mass is 748 g/mol. The van der Waals surface area contributed by atoms with E-state index in [2.05, 4.69) is 160 Å². The van der Waals surface area contributed by atoms with Crippen molar-refractivity contribution in [3.63, 3.8) is 0 Å². The Morgan fingerprint density at radius 3 is 1.25 bits per heavy atom. The minimum atomic E-state index is -5.17. The molecule has 2 unspecified atom stereocenters. The van der Waals surface area contributed by atoms with Gasteiger partial charge in [-0.25, -0.2) is 0 Å². The summed E-state index contributed by atoms with van der Waals surface area (Å²) in [4.78, 5) is 0. The molecule has 0 aromatic heterocycles. The predicted octanol–water partition coefficient (Wildman–Crippen LogP) is 13.3. The molecule has 4 aromatic carbocycles. The molecule has 0 N–H and O–H groups in total. The maximum absolute atomic E-state index is 5.73. The number of allylic oxidation sites excluding steroid dienone is 2. The molecule has 0 radical (unpaired) electrons. The van der Waals surface area contributed by atoms with Crippen molar-refractivity contribution in [2.75, 3.05) is 0 Å². The van der Waals surface area contributed by atoms with Crippen LogP contribution < -0.4 is 0 Å². The van der Waals surface area contributed by atoms with Crippen LogP contribution in [0.1, 0.15) is 94.1 Å². The molecule has 0 spiro atoms. The van der Waals surface area contributed by atoms with E-state index < -0.39 is 15.1 Å². The average Bonchev–Trinajstić information content (AvgIpc) is 3.69. The van der Waals surface area contributed by atoms with Crippen LogP contribution in [0.15, 0.2) is 97.1 Å². The SMILES string of the molecule is [CH2]=[Hf]([CH3])([CH3])([CH2]C)([CH2]C)([CH]1C=Cc2c(-c3ccc(C(C)C)cc3)cccc21)[CH]1C=Cc2c(-c3ccc(C(C)C)cc3)cccc21. The molecule has 0 saturated carbocycles. The second-order valence-corrected chi connectivity index (χ2v) is 69.5. The Labute approximate surface area is 261 Å². The fraction of sp³-hybridized carbons (Fsp3) is 0.326. The molecular formula is C43H52Hf. The topological polar surface area (TPSA) is 0 Å². The van der Waals surface area contributed by atoms with Gasteiger partial charge in [-0.3, -0.25) is 0 Å². The van der Waals surface area contributed by atoms with Crippen molar-refractivity contribution in [1.29, 1.82) is 0 Å². The number of benzene rings is 4. The molecule has 4 aromatic rings. The van der Waals surface area contributed by atoms with Gasteiger partial charge >= 0.3 is 263 Å². The molecule has 0 heterocycles. The van der Waals surface area contributed by atoms with Gasteiger partial charge in [-0.2, -0.15) is 0 Å². The van der Waals surface area contributed by atoms with Crippen LogP contribution in [0.5, 0.6) is 0 Å². The zero-order chi connectivity index (χ0) is 31.6. The van der Waals surface area contributed by atoms with Crippen LogP contribution in [0.4, 0.5) is 0 Å². The van der Waals surface area contributed by atoms with Gasteiger partial charge in [-0.1, -0.05) is 0 Å². The molecule has 2 aliphatic rings. The maximum atomic E-state index is 5.73. The second kappa shape index (κ2) is 9.56. The van der Waals surface area contributed by atoms with Gasteiger partial charge in [0, 0.05) is 0 Å². The standard InChI is InChI=1S/2C18H17.2C2H5.2CH3.CH2.Hf/c2*1-13(2)14-9-11-16(12-10-14)18-8-4-6-15-5-3-7-17(15)18;2*1-2;;;;/h2*3-13H,1-2H3;2*1H2,2H3;2*1H3;1H2;. The zero-order valence-corrected chi connectivity index (χ0v) is 31.9. The van der Waals surface area contributed by atoms with Crippen LogP contribution in [-0.2, 0) is 15.1 Å². The van der Waals surface area contributed by atoms with E-state index in [1.807, 2.05) is 0 Å². The fourth-order valence-electron chi connectivity index (χ4n) is 8.96. The third-order valence-electron chi connectivity index (χ3n) is 13.8. The van der Waals surface area contributed by atoms with E-state index in [-0.39, 0.29) is 0 Å². The Kier molecular flexibility index (Phi) is 6.75. The van der Waals surface area contributed by atoms with Crippen LogP contribution in [0, 0.1) is 0 Å². The van der Waals surface area contributed by atoms with E-state index in [1.54, 1.807) is 0 Å². The van der Waals surface area contributed by atoms with Gasteiger partial charge in [0.15, 0.2) is 0 Å². The first-order chi connectivity index (χ1) is 20.7. The third kappa shape index (κ3) is 4.28. The molecule has 2 aliphatic carbocycles. The summed E-state index contributed by atoms with van der Waals surface area (Å²) in [5.74, 6) is 1.07. The third-order valence-corrected chi connectivity index (χ3v) is 61.6. The van der Waals surface area contributed by atoms with E-state index >= 15 is 0 Å². The Morgan fingerprint density at radius 1 is 0.568 bits per heavy atom. The Hall–Kier alpha value is -2.90. The van der Waals surface area contributed by atoms with Gasteiger partial charge in [0.05, 0.1) is 0 Å². The molecule has 44 heavy (non-hydrogen) atoms. The number of hydrogen-bond acceptors (Lipinski definition) is 0. The van der Waals surface area contributed by atoms with E-state index in [4.69, 9.17) is 4.26 Å². The molecule has 228 valence electrons. The first-order valence-electron chi connectivity index (χ1n) is 17.1. The summed E-state index contributed by atoms with van der Waals surface area (Å²) >= 11 is -5.17. The van der Waals surface area contributed by atoms with E-state index in [9.17, 15) is 0 Å². The molecule has 0 nitrogen and oxygen atoms in total. The van der Waals surface area contributed by atoms with Gasteiger partial charge in [0.2, 0.25) is 0 Å². The molecule has 0 saturated heterocycles. The minimum absolute atomic E-state index is 0.314. The second-order valence-electron chi connectivity index (χ2n) is 17.5. The summed E-state index contributed by atoms with van der Waals surface area (Å²) in [6.45, 7) is 14.0. The van der Waals surface area contributed by atoms with Gasteiger partial charge < -0.3 is 0 Å². The first kappa shape index (κ1) is 31.1.